The van der Waals surface area contributed by atoms with Gasteiger partial charge in [-0.25, -0.2) is 4.79 Å². The summed E-state index contributed by atoms with van der Waals surface area (Å²) in [5.74, 6) is -0.953. The van der Waals surface area contributed by atoms with Crippen LogP contribution >= 0.6 is 11.6 Å². The zero-order valence-corrected chi connectivity index (χ0v) is 7.35. The van der Waals surface area contributed by atoms with Gasteiger partial charge in [0.25, 0.3) is 0 Å². The second kappa shape index (κ2) is 5.13. The van der Waals surface area contributed by atoms with E-state index in [0.29, 0.717) is 0 Å². The number of halogens is 1. The molecule has 0 bridgehead atoms. The van der Waals surface area contributed by atoms with Crippen LogP contribution in [0.4, 0.5) is 0 Å². The summed E-state index contributed by atoms with van der Waals surface area (Å²) in [6.07, 6.45) is 0.257. The fourth-order valence-corrected chi connectivity index (χ4v) is 0.743. The van der Waals surface area contributed by atoms with Crippen molar-refractivity contribution in [2.45, 2.75) is 25.6 Å². The number of hydrogen-bond acceptors (Lipinski definition) is 3. The molecule has 0 N–H and O–H groups in total. The van der Waals surface area contributed by atoms with Crippen LogP contribution in [0.2, 0.25) is 0 Å². The zero-order chi connectivity index (χ0) is 8.85. The Balaban J connectivity index is 3.91. The van der Waals surface area contributed by atoms with Crippen LogP contribution in [0.5, 0.6) is 0 Å². The normalized spacial score (nSPS) is 12.3. The zero-order valence-electron chi connectivity index (χ0n) is 6.59. The van der Waals surface area contributed by atoms with E-state index in [1.807, 2.05) is 0 Å². The maximum Gasteiger partial charge on any atom is 0.331 e. The van der Waals surface area contributed by atoms with E-state index in [9.17, 15) is 9.59 Å². The molecular weight excluding hydrogens is 168 g/mol. The lowest BCUT2D eigenvalue weighted by Gasteiger charge is -2.04. The fourth-order valence-electron chi connectivity index (χ4n) is 0.526. The van der Waals surface area contributed by atoms with Gasteiger partial charge in [0.1, 0.15) is 0 Å². The lowest BCUT2D eigenvalue weighted by atomic mass is 10.2. The number of ketones is 1. The van der Waals surface area contributed by atoms with Crippen LogP contribution in [0.1, 0.15) is 20.3 Å². The average molecular weight is 179 g/mol. The van der Waals surface area contributed by atoms with Gasteiger partial charge in [-0.1, -0.05) is 6.92 Å². The van der Waals surface area contributed by atoms with Crippen LogP contribution in [0.3, 0.4) is 0 Å². The van der Waals surface area contributed by atoms with E-state index in [2.05, 4.69) is 4.74 Å². The van der Waals surface area contributed by atoms with Crippen LogP contribution in [0, 0.1) is 0 Å². The number of Topliss-reactive ketones (excluding diaryl/α,β-unsaturated/α-hetero) is 1. The highest BCUT2D eigenvalue weighted by Crippen LogP contribution is 2.02. The Kier molecular flexibility index (Phi) is 4.86. The molecule has 4 heteroatoms. The lowest BCUT2D eigenvalue weighted by Crippen LogP contribution is -2.26. The monoisotopic (exact) mass is 178 g/mol. The summed E-state index contributed by atoms with van der Waals surface area (Å²) in [6, 6.07) is 0. The Morgan fingerprint density at radius 3 is 2.36 bits per heavy atom. The van der Waals surface area contributed by atoms with Gasteiger partial charge in [0, 0.05) is 6.42 Å². The first-order valence-corrected chi connectivity index (χ1v) is 3.90. The molecule has 0 aliphatic heterocycles. The molecule has 0 aliphatic carbocycles. The average Bonchev–Trinajstić information content (AvgIpc) is 2.02. The van der Waals surface area contributed by atoms with Crippen molar-refractivity contribution < 1.29 is 14.3 Å². The van der Waals surface area contributed by atoms with Gasteiger partial charge in [0.15, 0.2) is 11.2 Å². The summed E-state index contributed by atoms with van der Waals surface area (Å²) in [7, 11) is 0. The second-order valence-electron chi connectivity index (χ2n) is 1.93. The molecule has 3 nitrogen and oxygen atoms in total. The SMILES string of the molecule is CCOC(=O)C(Cl)C(=O)CC. The number of carbonyl (C=O) groups excluding carboxylic acids is 2. The molecule has 0 heterocycles. The predicted octanol–water partition coefficient (Wildman–Crippen LogP) is 1.14. The third-order valence-corrected chi connectivity index (χ3v) is 1.55. The van der Waals surface area contributed by atoms with E-state index < -0.39 is 11.3 Å². The van der Waals surface area contributed by atoms with Gasteiger partial charge in [-0.2, -0.15) is 0 Å². The Hall–Kier alpha value is -0.570. The number of hydrogen-bond donors (Lipinski definition) is 0. The third-order valence-electron chi connectivity index (χ3n) is 1.12. The van der Waals surface area contributed by atoms with Crippen molar-refractivity contribution in [2.24, 2.45) is 0 Å². The summed E-state index contributed by atoms with van der Waals surface area (Å²) < 4.78 is 4.53. The van der Waals surface area contributed by atoms with Crippen molar-refractivity contribution in [3.05, 3.63) is 0 Å². The van der Waals surface area contributed by atoms with Crippen molar-refractivity contribution in [3.8, 4) is 0 Å². The van der Waals surface area contributed by atoms with E-state index in [-0.39, 0.29) is 18.8 Å². The fraction of sp³-hybridized carbons (Fsp3) is 0.714. The molecule has 0 aromatic rings. The maximum absolute atomic E-state index is 10.8. The van der Waals surface area contributed by atoms with Crippen molar-refractivity contribution in [3.63, 3.8) is 0 Å². The minimum Gasteiger partial charge on any atom is -0.465 e. The molecule has 0 radical (unpaired) electrons. The Bertz CT molecular complexity index is 156. The molecule has 1 atom stereocenters. The van der Waals surface area contributed by atoms with E-state index in [1.165, 1.54) is 0 Å². The Morgan fingerprint density at radius 2 is 2.00 bits per heavy atom. The summed E-state index contributed by atoms with van der Waals surface area (Å²) in [5, 5.41) is -1.13. The first-order valence-electron chi connectivity index (χ1n) is 3.46. The smallest absolute Gasteiger partial charge is 0.331 e. The quantitative estimate of drug-likeness (QED) is 0.368. The summed E-state index contributed by atoms with van der Waals surface area (Å²) >= 11 is 5.44. The molecule has 1 unspecified atom stereocenters. The molecule has 0 rings (SSSR count). The van der Waals surface area contributed by atoms with Crippen LogP contribution in [0.25, 0.3) is 0 Å². The van der Waals surface area contributed by atoms with Crippen molar-refractivity contribution >= 4 is 23.4 Å². The highest BCUT2D eigenvalue weighted by atomic mass is 35.5. The highest BCUT2D eigenvalue weighted by Gasteiger charge is 2.22. The van der Waals surface area contributed by atoms with Gasteiger partial charge in [-0.3, -0.25) is 4.79 Å². The molecule has 0 fully saturated rings. The van der Waals surface area contributed by atoms with Crippen molar-refractivity contribution in [1.82, 2.24) is 0 Å². The molecular formula is C7H11ClO3. The van der Waals surface area contributed by atoms with E-state index in [4.69, 9.17) is 11.6 Å². The van der Waals surface area contributed by atoms with Crippen LogP contribution in [-0.2, 0) is 14.3 Å². The maximum atomic E-state index is 10.8. The van der Waals surface area contributed by atoms with Crippen molar-refractivity contribution in [2.75, 3.05) is 6.61 Å². The molecule has 0 saturated carbocycles. The number of esters is 1. The molecule has 0 spiro atoms. The van der Waals surface area contributed by atoms with Gasteiger partial charge in [-0.05, 0) is 6.92 Å². The molecule has 0 aromatic heterocycles. The van der Waals surface area contributed by atoms with Crippen LogP contribution in [-0.4, -0.2) is 23.7 Å². The molecule has 0 aliphatic rings. The van der Waals surface area contributed by atoms with Gasteiger partial charge >= 0.3 is 5.97 Å². The van der Waals surface area contributed by atoms with Gasteiger partial charge < -0.3 is 4.74 Å². The molecule has 64 valence electrons. The summed E-state index contributed by atoms with van der Waals surface area (Å²) in [6.45, 7) is 3.56. The lowest BCUT2D eigenvalue weighted by molar-refractivity contribution is -0.145. The third kappa shape index (κ3) is 3.37. The minimum absolute atomic E-state index is 0.249. The number of rotatable bonds is 4. The van der Waals surface area contributed by atoms with Crippen LogP contribution < -0.4 is 0 Å². The molecule has 0 aromatic carbocycles. The Morgan fingerprint density at radius 1 is 1.45 bits per heavy atom. The number of alkyl halides is 1. The molecule has 0 amide bonds. The van der Waals surface area contributed by atoms with E-state index >= 15 is 0 Å². The van der Waals surface area contributed by atoms with Crippen molar-refractivity contribution in [1.29, 1.82) is 0 Å². The predicted molar refractivity (Wildman–Crippen MR) is 41.6 cm³/mol. The number of ether oxygens (including phenoxy) is 1. The largest absolute Gasteiger partial charge is 0.465 e. The van der Waals surface area contributed by atoms with E-state index in [0.717, 1.165) is 0 Å². The summed E-state index contributed by atoms with van der Waals surface area (Å²) in [5.41, 5.74) is 0. The summed E-state index contributed by atoms with van der Waals surface area (Å²) in [4.78, 5) is 21.6. The van der Waals surface area contributed by atoms with Crippen LogP contribution in [0.15, 0.2) is 0 Å². The topological polar surface area (TPSA) is 43.4 Å². The Labute approximate surface area is 70.7 Å². The molecule has 0 saturated heterocycles. The van der Waals surface area contributed by atoms with E-state index in [1.54, 1.807) is 13.8 Å². The van der Waals surface area contributed by atoms with Gasteiger partial charge in [0.05, 0.1) is 6.61 Å². The van der Waals surface area contributed by atoms with Gasteiger partial charge in [-0.15, -0.1) is 11.6 Å². The number of carbonyl (C=O) groups is 2. The molecule has 11 heavy (non-hydrogen) atoms. The first-order chi connectivity index (χ1) is 5.13. The minimum atomic E-state index is -1.13. The van der Waals surface area contributed by atoms with Gasteiger partial charge in [0.2, 0.25) is 0 Å². The first kappa shape index (κ1) is 10.4. The second-order valence-corrected chi connectivity index (χ2v) is 2.37. The highest BCUT2D eigenvalue weighted by molar-refractivity contribution is 6.41. The standard InChI is InChI=1S/C7H11ClO3/c1-3-5(9)6(8)7(10)11-4-2/h6H,3-4H2,1-2H3.